The first-order valence-electron chi connectivity index (χ1n) is 5.44. The summed E-state index contributed by atoms with van der Waals surface area (Å²) in [7, 11) is 0. The molecule has 0 aliphatic carbocycles. The van der Waals surface area contributed by atoms with Crippen molar-refractivity contribution in [2.75, 3.05) is 11.9 Å². The number of likely N-dealkylation sites (tertiary alicyclic amines) is 1. The van der Waals surface area contributed by atoms with E-state index in [1.54, 1.807) is 6.07 Å². The quantitative estimate of drug-likeness (QED) is 0.772. The number of halogens is 3. The number of hydrogen-bond donors (Lipinski definition) is 0. The normalized spacial score (nSPS) is 21.6. The second-order valence-corrected chi connectivity index (χ2v) is 4.82. The maximum Gasteiger partial charge on any atom is 0.159 e. The van der Waals surface area contributed by atoms with Crippen LogP contribution in [-0.2, 0) is 6.54 Å². The summed E-state index contributed by atoms with van der Waals surface area (Å²) in [5.74, 6) is -1.53. The number of nitrogens with zero attached hydrogens (tertiary/aromatic N) is 1. The minimum Gasteiger partial charge on any atom is -0.295 e. The number of benzene rings is 1. The maximum atomic E-state index is 13.0. The molecule has 0 spiro atoms. The first-order valence-corrected chi connectivity index (χ1v) is 6.57. The minimum absolute atomic E-state index is 0.521. The van der Waals surface area contributed by atoms with E-state index < -0.39 is 11.6 Å². The number of alkyl halides is 1. The van der Waals surface area contributed by atoms with Crippen LogP contribution in [0.25, 0.3) is 0 Å². The Kier molecular flexibility index (Phi) is 3.92. The van der Waals surface area contributed by atoms with Crippen LogP contribution in [0.3, 0.4) is 0 Å². The Hall–Kier alpha value is -0.480. The molecule has 0 amide bonds. The van der Waals surface area contributed by atoms with Gasteiger partial charge in [-0.1, -0.05) is 22.0 Å². The Morgan fingerprint density at radius 2 is 2.12 bits per heavy atom. The van der Waals surface area contributed by atoms with Crippen molar-refractivity contribution in [2.24, 2.45) is 0 Å². The summed E-state index contributed by atoms with van der Waals surface area (Å²) >= 11 is 3.48. The molecule has 0 N–H and O–H groups in total. The third kappa shape index (κ3) is 2.61. The molecule has 88 valence electrons. The molecule has 16 heavy (non-hydrogen) atoms. The smallest absolute Gasteiger partial charge is 0.159 e. The van der Waals surface area contributed by atoms with Crippen LogP contribution in [0.2, 0.25) is 0 Å². The van der Waals surface area contributed by atoms with Gasteiger partial charge < -0.3 is 0 Å². The molecule has 1 aliphatic heterocycles. The van der Waals surface area contributed by atoms with Gasteiger partial charge in [-0.15, -0.1) is 0 Å². The van der Waals surface area contributed by atoms with Crippen molar-refractivity contribution >= 4 is 15.9 Å². The van der Waals surface area contributed by atoms with Crippen LogP contribution in [-0.4, -0.2) is 22.8 Å². The molecule has 1 fully saturated rings. The third-order valence-electron chi connectivity index (χ3n) is 3.05. The van der Waals surface area contributed by atoms with Gasteiger partial charge in [-0.3, -0.25) is 4.90 Å². The van der Waals surface area contributed by atoms with E-state index >= 15 is 0 Å². The van der Waals surface area contributed by atoms with Gasteiger partial charge in [0.15, 0.2) is 11.6 Å². The lowest BCUT2D eigenvalue weighted by Crippen LogP contribution is -2.29. The minimum atomic E-state index is -0.776. The van der Waals surface area contributed by atoms with Gasteiger partial charge in [0.25, 0.3) is 0 Å². The molecule has 1 nitrogen and oxygen atoms in total. The summed E-state index contributed by atoms with van der Waals surface area (Å²) in [6.45, 7) is 1.74. The lowest BCUT2D eigenvalue weighted by atomic mass is 10.2. The van der Waals surface area contributed by atoms with E-state index in [1.807, 2.05) is 0 Å². The molecule has 2 rings (SSSR count). The van der Waals surface area contributed by atoms with Crippen molar-refractivity contribution < 1.29 is 8.78 Å². The summed E-state index contributed by atoms with van der Waals surface area (Å²) in [6.07, 6.45) is 2.36. The highest BCUT2D eigenvalue weighted by molar-refractivity contribution is 9.09. The molecule has 4 heteroatoms. The molecule has 1 aliphatic rings. The molecule has 0 radical (unpaired) electrons. The molecule has 1 aromatic rings. The maximum absolute atomic E-state index is 13.0. The van der Waals surface area contributed by atoms with Crippen molar-refractivity contribution in [1.29, 1.82) is 0 Å². The molecule has 1 aromatic carbocycles. The van der Waals surface area contributed by atoms with Gasteiger partial charge in [0, 0.05) is 17.9 Å². The Balaban J connectivity index is 2.05. The van der Waals surface area contributed by atoms with Crippen molar-refractivity contribution in [3.8, 4) is 0 Å². The highest BCUT2D eigenvalue weighted by Crippen LogP contribution is 2.22. The second-order valence-electron chi connectivity index (χ2n) is 4.17. The van der Waals surface area contributed by atoms with E-state index in [-0.39, 0.29) is 0 Å². The zero-order valence-corrected chi connectivity index (χ0v) is 10.5. The van der Waals surface area contributed by atoms with Gasteiger partial charge in [-0.05, 0) is 37.1 Å². The zero-order chi connectivity index (χ0) is 11.5. The predicted octanol–water partition coefficient (Wildman–Crippen LogP) is 3.32. The Labute approximate surface area is 103 Å². The largest absolute Gasteiger partial charge is 0.295 e. The molecule has 0 aromatic heterocycles. The fourth-order valence-corrected chi connectivity index (χ4v) is 2.88. The average molecular weight is 290 g/mol. The summed E-state index contributed by atoms with van der Waals surface area (Å²) in [6, 6.07) is 4.67. The molecule has 1 heterocycles. The summed E-state index contributed by atoms with van der Waals surface area (Å²) in [5, 5.41) is 0.941. The molecule has 0 bridgehead atoms. The summed E-state index contributed by atoms with van der Waals surface area (Å²) < 4.78 is 25.8. The van der Waals surface area contributed by atoms with Crippen molar-refractivity contribution in [3.05, 3.63) is 35.4 Å². The monoisotopic (exact) mass is 289 g/mol. The van der Waals surface area contributed by atoms with Crippen molar-refractivity contribution in [2.45, 2.75) is 25.4 Å². The van der Waals surface area contributed by atoms with Crippen LogP contribution in [0.15, 0.2) is 18.2 Å². The van der Waals surface area contributed by atoms with E-state index in [0.29, 0.717) is 12.6 Å². The van der Waals surface area contributed by atoms with Gasteiger partial charge in [-0.2, -0.15) is 0 Å². The van der Waals surface area contributed by atoms with Gasteiger partial charge >= 0.3 is 0 Å². The lowest BCUT2D eigenvalue weighted by Gasteiger charge is -2.22. The fraction of sp³-hybridized carbons (Fsp3) is 0.500. The highest BCUT2D eigenvalue weighted by atomic mass is 79.9. The van der Waals surface area contributed by atoms with Crippen LogP contribution >= 0.6 is 15.9 Å². The van der Waals surface area contributed by atoms with Crippen molar-refractivity contribution in [1.82, 2.24) is 4.90 Å². The van der Waals surface area contributed by atoms with Crippen LogP contribution in [0.4, 0.5) is 8.78 Å². The second kappa shape index (κ2) is 5.23. The van der Waals surface area contributed by atoms with Gasteiger partial charge in [0.2, 0.25) is 0 Å². The molecule has 1 atom stereocenters. The van der Waals surface area contributed by atoms with Gasteiger partial charge in [-0.25, -0.2) is 8.78 Å². The van der Waals surface area contributed by atoms with Crippen LogP contribution in [0, 0.1) is 11.6 Å². The standard InChI is InChI=1S/C12H14BrF2N/c13-7-10-2-1-5-16(10)8-9-3-4-11(14)12(15)6-9/h3-4,6,10H,1-2,5,7-8H2. The van der Waals surface area contributed by atoms with E-state index in [9.17, 15) is 8.78 Å². The molecule has 0 saturated carbocycles. The molecular formula is C12H14BrF2N. The van der Waals surface area contributed by atoms with Crippen LogP contribution in [0.5, 0.6) is 0 Å². The first-order chi connectivity index (χ1) is 7.70. The Morgan fingerprint density at radius 3 is 2.81 bits per heavy atom. The van der Waals surface area contributed by atoms with Crippen LogP contribution in [0.1, 0.15) is 18.4 Å². The molecule has 1 saturated heterocycles. The van der Waals surface area contributed by atoms with E-state index in [4.69, 9.17) is 0 Å². The number of rotatable bonds is 3. The Morgan fingerprint density at radius 1 is 1.31 bits per heavy atom. The number of hydrogen-bond acceptors (Lipinski definition) is 1. The van der Waals surface area contributed by atoms with E-state index in [0.717, 1.165) is 17.4 Å². The van der Waals surface area contributed by atoms with Crippen molar-refractivity contribution in [3.63, 3.8) is 0 Å². The van der Waals surface area contributed by atoms with Gasteiger partial charge in [0.1, 0.15) is 0 Å². The summed E-state index contributed by atoms with van der Waals surface area (Å²) in [5.41, 5.74) is 0.840. The van der Waals surface area contributed by atoms with E-state index in [2.05, 4.69) is 20.8 Å². The molecule has 1 unspecified atom stereocenters. The Bertz CT molecular complexity index is 370. The third-order valence-corrected chi connectivity index (χ3v) is 3.79. The fourth-order valence-electron chi connectivity index (χ4n) is 2.15. The first kappa shape index (κ1) is 12.0. The topological polar surface area (TPSA) is 3.24 Å². The SMILES string of the molecule is Fc1ccc(CN2CCCC2CBr)cc1F. The van der Waals surface area contributed by atoms with E-state index in [1.165, 1.54) is 25.0 Å². The highest BCUT2D eigenvalue weighted by Gasteiger charge is 2.23. The predicted molar refractivity (Wildman–Crippen MR) is 63.6 cm³/mol. The van der Waals surface area contributed by atoms with Crippen LogP contribution < -0.4 is 0 Å². The zero-order valence-electron chi connectivity index (χ0n) is 8.93. The average Bonchev–Trinajstić information content (AvgIpc) is 2.71. The summed E-state index contributed by atoms with van der Waals surface area (Å²) in [4.78, 5) is 2.31. The molecular weight excluding hydrogens is 276 g/mol. The lowest BCUT2D eigenvalue weighted by molar-refractivity contribution is 0.264. The van der Waals surface area contributed by atoms with Gasteiger partial charge in [0.05, 0.1) is 0 Å².